The molecule has 2 aromatic rings. The number of nitrogens with one attached hydrogen (secondary N) is 1. The minimum Gasteiger partial charge on any atom is -0.396 e. The van der Waals surface area contributed by atoms with Gasteiger partial charge in [-0.1, -0.05) is 6.08 Å². The zero-order valence-electron chi connectivity index (χ0n) is 12.6. The lowest BCUT2D eigenvalue weighted by Gasteiger charge is -1.97. The molecule has 3 rings (SSSR count). The predicted octanol–water partition coefficient (Wildman–Crippen LogP) is 4.73. The number of H-pyrrole nitrogens is 1. The molecule has 0 aliphatic carbocycles. The number of nitrogen functional groups attached to an aromatic ring is 1. The van der Waals surface area contributed by atoms with Crippen molar-refractivity contribution >= 4 is 30.1 Å². The SMILES string of the molecule is CC1=CCCS1.N#Cc1ccc(N)c(OF)c1.Sc1cc[nH]c1. The standard InChI is InChI=1S/C7H5FN2O.C5H8S.C4H5NS/c8-11-7-3-5(4-9)1-2-6(7)10;1-5-3-2-4-6-5;6-4-1-2-5-3-4/h1-3H,10H2;3H,2,4H2,1H3;1-3,5-6H. The number of nitrogens with zero attached hydrogens (tertiary/aromatic N) is 1. The van der Waals surface area contributed by atoms with Gasteiger partial charge in [-0.3, -0.25) is 4.94 Å². The van der Waals surface area contributed by atoms with E-state index in [1.807, 2.05) is 36.3 Å². The number of thioether (sulfide) groups is 1. The molecule has 0 fully saturated rings. The van der Waals surface area contributed by atoms with E-state index in [0.29, 0.717) is 5.56 Å². The van der Waals surface area contributed by atoms with E-state index in [1.165, 1.54) is 35.3 Å². The lowest BCUT2D eigenvalue weighted by atomic mass is 10.2. The Balaban J connectivity index is 0.000000187. The summed E-state index contributed by atoms with van der Waals surface area (Å²) in [4.78, 5) is 8.74. The van der Waals surface area contributed by atoms with Crippen molar-refractivity contribution in [1.29, 1.82) is 5.26 Å². The molecule has 0 unspecified atom stereocenters. The zero-order valence-corrected chi connectivity index (χ0v) is 14.3. The highest BCUT2D eigenvalue weighted by Gasteiger charge is 2.01. The van der Waals surface area contributed by atoms with Crippen molar-refractivity contribution in [3.63, 3.8) is 0 Å². The van der Waals surface area contributed by atoms with E-state index in [-0.39, 0.29) is 11.4 Å². The second-order valence-corrected chi connectivity index (χ2v) is 6.32. The molecule has 7 heteroatoms. The third kappa shape index (κ3) is 7.68. The van der Waals surface area contributed by atoms with Crippen LogP contribution in [0.3, 0.4) is 0 Å². The third-order valence-electron chi connectivity index (χ3n) is 2.69. The van der Waals surface area contributed by atoms with Crippen LogP contribution in [0.4, 0.5) is 10.2 Å². The highest BCUT2D eigenvalue weighted by atomic mass is 32.2. The maximum atomic E-state index is 11.6. The summed E-state index contributed by atoms with van der Waals surface area (Å²) >= 11 is 5.96. The number of hydrogen-bond acceptors (Lipinski definition) is 5. The number of benzene rings is 1. The van der Waals surface area contributed by atoms with Crippen LogP contribution in [0.5, 0.6) is 5.75 Å². The molecule has 122 valence electrons. The molecule has 0 atom stereocenters. The molecule has 3 N–H and O–H groups in total. The van der Waals surface area contributed by atoms with E-state index in [4.69, 9.17) is 11.0 Å². The number of allylic oxidation sites excluding steroid dienone is 2. The summed E-state index contributed by atoms with van der Waals surface area (Å²) in [7, 11) is 0. The molecule has 0 saturated carbocycles. The van der Waals surface area contributed by atoms with Crippen LogP contribution in [0, 0.1) is 11.3 Å². The Hall–Kier alpha value is -2.04. The van der Waals surface area contributed by atoms with Crippen LogP contribution in [0.15, 0.2) is 52.5 Å². The van der Waals surface area contributed by atoms with Gasteiger partial charge in [-0.05, 0) is 36.4 Å². The van der Waals surface area contributed by atoms with Crippen LogP contribution >= 0.6 is 24.4 Å². The van der Waals surface area contributed by atoms with Crippen molar-refractivity contribution in [2.24, 2.45) is 0 Å². The van der Waals surface area contributed by atoms with Crippen molar-refractivity contribution in [2.75, 3.05) is 11.5 Å². The molecular weight excluding hydrogens is 333 g/mol. The van der Waals surface area contributed by atoms with Gasteiger partial charge in [0, 0.05) is 33.6 Å². The number of rotatable bonds is 1. The molecule has 23 heavy (non-hydrogen) atoms. The Morgan fingerprint density at radius 2 is 2.22 bits per heavy atom. The molecule has 0 amide bonds. The second-order valence-electron chi connectivity index (χ2n) is 4.46. The Morgan fingerprint density at radius 1 is 1.43 bits per heavy atom. The predicted molar refractivity (Wildman–Crippen MR) is 96.2 cm³/mol. The number of aromatic amines is 1. The molecule has 1 aromatic carbocycles. The van der Waals surface area contributed by atoms with E-state index >= 15 is 0 Å². The molecule has 0 bridgehead atoms. The number of hydrogen-bond donors (Lipinski definition) is 3. The van der Waals surface area contributed by atoms with E-state index in [9.17, 15) is 4.53 Å². The first-order valence-electron chi connectivity index (χ1n) is 6.76. The molecule has 0 radical (unpaired) electrons. The lowest BCUT2D eigenvalue weighted by Crippen LogP contribution is -1.89. The summed E-state index contributed by atoms with van der Waals surface area (Å²) in [6.45, 7) is 2.16. The van der Waals surface area contributed by atoms with Gasteiger partial charge in [0.1, 0.15) is 0 Å². The normalized spacial score (nSPS) is 12.0. The maximum absolute atomic E-state index is 11.6. The topological polar surface area (TPSA) is 74.8 Å². The van der Waals surface area contributed by atoms with Crippen molar-refractivity contribution in [3.8, 4) is 11.8 Å². The monoisotopic (exact) mass is 351 g/mol. The van der Waals surface area contributed by atoms with Gasteiger partial charge in [0.15, 0.2) is 5.75 Å². The van der Waals surface area contributed by atoms with Gasteiger partial charge in [-0.2, -0.15) is 5.26 Å². The number of halogens is 1. The summed E-state index contributed by atoms with van der Waals surface area (Å²) in [5.74, 6) is 1.19. The third-order valence-corrected chi connectivity index (χ3v) is 4.03. The first kappa shape index (κ1) is 19.0. The van der Waals surface area contributed by atoms with Crippen LogP contribution in [-0.4, -0.2) is 10.7 Å². The number of nitriles is 1. The molecule has 0 saturated heterocycles. The molecule has 1 aromatic heterocycles. The number of anilines is 1. The number of aromatic nitrogens is 1. The largest absolute Gasteiger partial charge is 0.396 e. The first-order chi connectivity index (χ1) is 11.1. The fraction of sp³-hybridized carbons (Fsp3) is 0.188. The highest BCUT2D eigenvalue weighted by Crippen LogP contribution is 2.23. The molecule has 1 aliphatic rings. The minimum atomic E-state index is -0.121. The fourth-order valence-electron chi connectivity index (χ4n) is 1.53. The van der Waals surface area contributed by atoms with Gasteiger partial charge >= 0.3 is 0 Å². The second kappa shape index (κ2) is 10.6. The van der Waals surface area contributed by atoms with Crippen LogP contribution in [0.1, 0.15) is 18.9 Å². The van der Waals surface area contributed by atoms with Crippen LogP contribution in [-0.2, 0) is 0 Å². The van der Waals surface area contributed by atoms with Gasteiger partial charge in [-0.15, -0.1) is 24.4 Å². The Labute approximate surface area is 144 Å². The molecule has 2 heterocycles. The van der Waals surface area contributed by atoms with E-state index in [1.54, 1.807) is 0 Å². The van der Waals surface area contributed by atoms with Gasteiger partial charge < -0.3 is 10.7 Å². The first-order valence-corrected chi connectivity index (χ1v) is 8.19. The van der Waals surface area contributed by atoms with Crippen LogP contribution in [0.2, 0.25) is 0 Å². The maximum Gasteiger partial charge on any atom is 0.196 e. The summed E-state index contributed by atoms with van der Waals surface area (Å²) in [5.41, 5.74) is 5.76. The molecule has 0 spiro atoms. The minimum absolute atomic E-state index is 0.121. The van der Waals surface area contributed by atoms with Crippen LogP contribution < -0.4 is 10.7 Å². The van der Waals surface area contributed by atoms with Gasteiger partial charge in [0.2, 0.25) is 0 Å². The zero-order chi connectivity index (χ0) is 17.1. The number of thiol groups is 1. The van der Waals surface area contributed by atoms with E-state index in [2.05, 4.69) is 35.6 Å². The van der Waals surface area contributed by atoms with Gasteiger partial charge in [0.05, 0.1) is 17.3 Å². The van der Waals surface area contributed by atoms with Crippen LogP contribution in [0.25, 0.3) is 0 Å². The summed E-state index contributed by atoms with van der Waals surface area (Å²) in [6, 6.07) is 7.84. The lowest BCUT2D eigenvalue weighted by molar-refractivity contribution is -0.00524. The quantitative estimate of drug-likeness (QED) is 0.513. The van der Waals surface area contributed by atoms with E-state index in [0.717, 1.165) is 4.90 Å². The van der Waals surface area contributed by atoms with Crippen molar-refractivity contribution in [2.45, 2.75) is 18.2 Å². The summed E-state index contributed by atoms with van der Waals surface area (Å²) in [6.07, 6.45) is 7.23. The van der Waals surface area contributed by atoms with Gasteiger partial charge in [-0.25, -0.2) is 0 Å². The highest BCUT2D eigenvalue weighted by molar-refractivity contribution is 8.03. The Morgan fingerprint density at radius 3 is 2.57 bits per heavy atom. The molecule has 4 nitrogen and oxygen atoms in total. The number of nitrogens with two attached hydrogens (primary N) is 1. The average molecular weight is 351 g/mol. The van der Waals surface area contributed by atoms with Crippen molar-refractivity contribution in [3.05, 3.63) is 53.2 Å². The van der Waals surface area contributed by atoms with Crippen molar-refractivity contribution in [1.82, 2.24) is 4.98 Å². The van der Waals surface area contributed by atoms with Gasteiger partial charge in [0.25, 0.3) is 0 Å². The smallest absolute Gasteiger partial charge is 0.196 e. The van der Waals surface area contributed by atoms with Crippen molar-refractivity contribution < 1.29 is 9.47 Å². The summed E-state index contributed by atoms with van der Waals surface area (Å²) < 4.78 is 11.6. The van der Waals surface area contributed by atoms with E-state index < -0.39 is 0 Å². The average Bonchev–Trinajstić information content (AvgIpc) is 3.22. The molecule has 1 aliphatic heterocycles. The Bertz CT molecular complexity index is 666. The summed E-state index contributed by atoms with van der Waals surface area (Å²) in [5, 5.41) is 8.38. The fourth-order valence-corrected chi connectivity index (χ4v) is 2.47. The Kier molecular flexibility index (Phi) is 8.80. The molecular formula is C16H18FN3OS2.